The first-order valence-corrected chi connectivity index (χ1v) is 4.42. The molecule has 0 spiro atoms. The van der Waals surface area contributed by atoms with E-state index in [0.29, 0.717) is 0 Å². The van der Waals surface area contributed by atoms with Gasteiger partial charge in [0.05, 0.1) is 12.1 Å². The van der Waals surface area contributed by atoms with Crippen LogP contribution in [0, 0.1) is 0 Å². The smallest absolute Gasteiger partial charge is 0.328 e. The number of nitrogens with zero attached hydrogens (tertiary/aromatic N) is 1. The van der Waals surface area contributed by atoms with E-state index in [1.807, 2.05) is 11.8 Å². The number of ether oxygens (including phenoxy) is 1. The molecule has 1 saturated heterocycles. The van der Waals surface area contributed by atoms with E-state index in [-0.39, 0.29) is 12.0 Å². The highest BCUT2D eigenvalue weighted by Crippen LogP contribution is 2.18. The van der Waals surface area contributed by atoms with Crippen molar-refractivity contribution in [2.24, 2.45) is 0 Å². The van der Waals surface area contributed by atoms with E-state index in [2.05, 4.69) is 4.74 Å². The molecule has 0 amide bonds. The Morgan fingerprint density at radius 2 is 2.33 bits per heavy atom. The van der Waals surface area contributed by atoms with Crippen LogP contribution in [-0.4, -0.2) is 35.6 Å². The first-order valence-electron chi connectivity index (χ1n) is 4.02. The molecule has 1 atom stereocenters. The molecule has 0 unspecified atom stereocenters. The first kappa shape index (κ1) is 9.45. The number of esters is 1. The van der Waals surface area contributed by atoms with Crippen LogP contribution in [0.15, 0.2) is 0 Å². The third-order valence-electron chi connectivity index (χ3n) is 2.13. The third kappa shape index (κ3) is 1.75. The fraction of sp³-hybridized carbons (Fsp3) is 0.750. The van der Waals surface area contributed by atoms with Crippen LogP contribution in [-0.2, 0) is 9.53 Å². The van der Waals surface area contributed by atoms with Gasteiger partial charge in [-0.15, -0.1) is 0 Å². The summed E-state index contributed by atoms with van der Waals surface area (Å²) in [4.78, 5) is 13.9. The lowest BCUT2D eigenvalue weighted by Crippen LogP contribution is -2.38. The molecule has 0 aromatic rings. The Kier molecular flexibility index (Phi) is 3.03. The van der Waals surface area contributed by atoms with Crippen molar-refractivity contribution in [1.82, 2.24) is 4.90 Å². The summed E-state index contributed by atoms with van der Waals surface area (Å²) >= 11 is 5.02. The van der Waals surface area contributed by atoms with Crippen molar-refractivity contribution in [3.05, 3.63) is 0 Å². The standard InChI is InChI=1S/C8H13NO2S/c1-6(12)9-5-3-4-7(9)8(10)11-2/h7H,3-5H2,1-2H3/t7-/m0/s1. The molecule has 0 N–H and O–H groups in total. The van der Waals surface area contributed by atoms with Gasteiger partial charge in [0, 0.05) is 6.54 Å². The molecule has 0 radical (unpaired) electrons. The van der Waals surface area contributed by atoms with Crippen molar-refractivity contribution >= 4 is 23.2 Å². The first-order chi connectivity index (χ1) is 5.66. The van der Waals surface area contributed by atoms with Crippen molar-refractivity contribution in [3.63, 3.8) is 0 Å². The minimum absolute atomic E-state index is 0.132. The second kappa shape index (κ2) is 3.85. The summed E-state index contributed by atoms with van der Waals surface area (Å²) in [6.07, 6.45) is 1.88. The summed E-state index contributed by atoms with van der Waals surface area (Å²) in [5, 5.41) is 0. The number of carbonyl (C=O) groups is 1. The molecule has 1 fully saturated rings. The molecule has 0 bridgehead atoms. The predicted molar refractivity (Wildman–Crippen MR) is 50.0 cm³/mol. The van der Waals surface area contributed by atoms with Gasteiger partial charge in [0.1, 0.15) is 6.04 Å². The Hall–Kier alpha value is -0.640. The van der Waals surface area contributed by atoms with Gasteiger partial charge < -0.3 is 9.64 Å². The van der Waals surface area contributed by atoms with Gasteiger partial charge >= 0.3 is 5.97 Å². The lowest BCUT2D eigenvalue weighted by Gasteiger charge is -2.22. The Bertz CT molecular complexity index is 205. The summed E-state index contributed by atoms with van der Waals surface area (Å²) in [5.41, 5.74) is 0. The molecular formula is C8H13NO2S. The van der Waals surface area contributed by atoms with Crippen LogP contribution in [0.5, 0.6) is 0 Å². The quantitative estimate of drug-likeness (QED) is 0.452. The van der Waals surface area contributed by atoms with Gasteiger partial charge in [-0.25, -0.2) is 4.79 Å². The highest BCUT2D eigenvalue weighted by molar-refractivity contribution is 7.80. The molecule has 3 nitrogen and oxygen atoms in total. The summed E-state index contributed by atoms with van der Waals surface area (Å²) in [6, 6.07) is -0.132. The molecule has 0 aromatic carbocycles. The molecule has 0 saturated carbocycles. The lowest BCUT2D eigenvalue weighted by molar-refractivity contribution is -0.144. The van der Waals surface area contributed by atoms with Crippen LogP contribution < -0.4 is 0 Å². The van der Waals surface area contributed by atoms with Crippen LogP contribution in [0.4, 0.5) is 0 Å². The summed E-state index contributed by atoms with van der Waals surface area (Å²) < 4.78 is 4.67. The number of hydrogen-bond acceptors (Lipinski definition) is 3. The predicted octanol–water partition coefficient (Wildman–Crippen LogP) is 0.971. The average Bonchev–Trinajstić information content (AvgIpc) is 2.50. The van der Waals surface area contributed by atoms with E-state index in [1.54, 1.807) is 0 Å². The Balaban J connectivity index is 2.63. The maximum atomic E-state index is 11.2. The van der Waals surface area contributed by atoms with Crippen LogP contribution in [0.2, 0.25) is 0 Å². The highest BCUT2D eigenvalue weighted by Gasteiger charge is 2.31. The van der Waals surface area contributed by atoms with Crippen molar-refractivity contribution in [1.29, 1.82) is 0 Å². The van der Waals surface area contributed by atoms with E-state index in [4.69, 9.17) is 12.2 Å². The number of likely N-dealkylation sites (tertiary alicyclic amines) is 1. The van der Waals surface area contributed by atoms with E-state index < -0.39 is 0 Å². The molecule has 68 valence electrons. The monoisotopic (exact) mass is 187 g/mol. The zero-order valence-electron chi connectivity index (χ0n) is 7.37. The maximum absolute atomic E-state index is 11.2. The molecule has 12 heavy (non-hydrogen) atoms. The number of hydrogen-bond donors (Lipinski definition) is 0. The van der Waals surface area contributed by atoms with Crippen molar-refractivity contribution in [2.75, 3.05) is 13.7 Å². The number of methoxy groups -OCH3 is 1. The largest absolute Gasteiger partial charge is 0.467 e. The number of rotatable bonds is 1. The van der Waals surface area contributed by atoms with E-state index >= 15 is 0 Å². The summed E-state index contributed by atoms with van der Waals surface area (Å²) in [5.74, 6) is -0.170. The highest BCUT2D eigenvalue weighted by atomic mass is 32.1. The van der Waals surface area contributed by atoms with Crippen LogP contribution >= 0.6 is 12.2 Å². The minimum atomic E-state index is -0.170. The second-order valence-corrected chi connectivity index (χ2v) is 3.48. The van der Waals surface area contributed by atoms with Gasteiger partial charge in [-0.2, -0.15) is 0 Å². The molecule has 1 aliphatic heterocycles. The van der Waals surface area contributed by atoms with Gasteiger partial charge in [0.2, 0.25) is 0 Å². The number of thiocarbonyl (C=S) groups is 1. The Morgan fingerprint density at radius 3 is 2.83 bits per heavy atom. The third-order valence-corrected chi connectivity index (χ3v) is 2.37. The zero-order valence-corrected chi connectivity index (χ0v) is 8.19. The van der Waals surface area contributed by atoms with Gasteiger partial charge in [-0.3, -0.25) is 0 Å². The van der Waals surface area contributed by atoms with Gasteiger partial charge in [0.15, 0.2) is 0 Å². The normalized spacial score (nSPS) is 22.5. The van der Waals surface area contributed by atoms with Crippen molar-refractivity contribution in [3.8, 4) is 0 Å². The zero-order chi connectivity index (χ0) is 9.14. The van der Waals surface area contributed by atoms with Gasteiger partial charge in [-0.05, 0) is 19.8 Å². The number of carbonyl (C=O) groups excluding carboxylic acids is 1. The van der Waals surface area contributed by atoms with Gasteiger partial charge in [0.25, 0.3) is 0 Å². The van der Waals surface area contributed by atoms with Crippen molar-refractivity contribution in [2.45, 2.75) is 25.8 Å². The van der Waals surface area contributed by atoms with Gasteiger partial charge in [-0.1, -0.05) is 12.2 Å². The topological polar surface area (TPSA) is 29.5 Å². The van der Waals surface area contributed by atoms with Crippen LogP contribution in [0.25, 0.3) is 0 Å². The fourth-order valence-electron chi connectivity index (χ4n) is 1.52. The lowest BCUT2D eigenvalue weighted by atomic mass is 10.2. The summed E-state index contributed by atoms with van der Waals surface area (Å²) in [6.45, 7) is 2.73. The molecule has 1 rings (SSSR count). The average molecular weight is 187 g/mol. The van der Waals surface area contributed by atoms with E-state index in [1.165, 1.54) is 7.11 Å². The molecule has 4 heteroatoms. The Morgan fingerprint density at radius 1 is 1.67 bits per heavy atom. The van der Waals surface area contributed by atoms with Crippen LogP contribution in [0.3, 0.4) is 0 Å². The second-order valence-electron chi connectivity index (χ2n) is 2.89. The molecule has 0 aliphatic carbocycles. The van der Waals surface area contributed by atoms with Crippen LogP contribution in [0.1, 0.15) is 19.8 Å². The molecule has 1 heterocycles. The molecular weight excluding hydrogens is 174 g/mol. The summed E-state index contributed by atoms with van der Waals surface area (Å²) in [7, 11) is 1.41. The minimum Gasteiger partial charge on any atom is -0.467 e. The van der Waals surface area contributed by atoms with Crippen molar-refractivity contribution < 1.29 is 9.53 Å². The molecule has 0 aromatic heterocycles. The van der Waals surface area contributed by atoms with E-state index in [0.717, 1.165) is 24.4 Å². The fourth-order valence-corrected chi connectivity index (χ4v) is 1.74. The SMILES string of the molecule is COC(=O)[C@@H]1CCCN1C(C)=S. The Labute approximate surface area is 77.7 Å². The maximum Gasteiger partial charge on any atom is 0.328 e. The molecule has 1 aliphatic rings. The van der Waals surface area contributed by atoms with E-state index in [9.17, 15) is 4.79 Å².